The van der Waals surface area contributed by atoms with Gasteiger partial charge in [0, 0.05) is 33.3 Å². The van der Waals surface area contributed by atoms with Gasteiger partial charge in [-0.2, -0.15) is 0 Å². The van der Waals surface area contributed by atoms with E-state index >= 15 is 0 Å². The van der Waals surface area contributed by atoms with Crippen molar-refractivity contribution in [2.45, 2.75) is 70.3 Å². The predicted octanol–water partition coefficient (Wildman–Crippen LogP) is 16.1. The van der Waals surface area contributed by atoms with Crippen LogP contribution in [0.3, 0.4) is 0 Å². The van der Waals surface area contributed by atoms with E-state index in [4.69, 9.17) is 6.58 Å². The van der Waals surface area contributed by atoms with Gasteiger partial charge in [0.25, 0.3) is 0 Å². The highest BCUT2D eigenvalue weighted by molar-refractivity contribution is 5.98. The molecule has 71 heavy (non-hydrogen) atoms. The minimum Gasteiger partial charge on any atom is -0.334 e. The zero-order chi connectivity index (χ0) is 48.8. The van der Waals surface area contributed by atoms with E-state index in [9.17, 15) is 0 Å². The zero-order valence-corrected chi connectivity index (χ0v) is 41.8. The molecule has 8 aromatic carbocycles. The third kappa shape index (κ3) is 6.75. The Bertz CT molecular complexity index is 3670. The molecule has 0 saturated heterocycles. The molecule has 8 aromatic rings. The molecule has 4 aliphatic rings. The van der Waals surface area contributed by atoms with Crippen molar-refractivity contribution in [1.29, 1.82) is 0 Å². The molecule has 0 fully saturated rings. The van der Waals surface area contributed by atoms with E-state index in [2.05, 4.69) is 270 Å². The summed E-state index contributed by atoms with van der Waals surface area (Å²) in [7, 11) is 0. The van der Waals surface area contributed by atoms with E-state index in [1.165, 1.54) is 83.6 Å². The van der Waals surface area contributed by atoms with Crippen LogP contribution in [0.5, 0.6) is 0 Å². The van der Waals surface area contributed by atoms with Gasteiger partial charge in [-0.15, -0.1) is 0 Å². The van der Waals surface area contributed by atoms with Gasteiger partial charge in [-0.25, -0.2) is 0 Å². The fourth-order valence-electron chi connectivity index (χ4n) is 12.8. The van der Waals surface area contributed by atoms with E-state index in [1.54, 1.807) is 0 Å². The molecule has 0 radical (unpaired) electrons. The maximum atomic E-state index is 5.18. The van der Waals surface area contributed by atoms with Crippen molar-refractivity contribution in [1.82, 2.24) is 0 Å². The van der Waals surface area contributed by atoms with Gasteiger partial charge in [0.15, 0.2) is 0 Å². The molecule has 1 atom stereocenters. The molecule has 0 spiro atoms. The summed E-state index contributed by atoms with van der Waals surface area (Å²) < 4.78 is 0. The summed E-state index contributed by atoms with van der Waals surface area (Å²) in [5.74, 6) is 0. The van der Waals surface area contributed by atoms with Crippen LogP contribution in [0.4, 0.5) is 28.4 Å². The van der Waals surface area contributed by atoms with Crippen LogP contribution in [0.2, 0.25) is 0 Å². The van der Waals surface area contributed by atoms with Gasteiger partial charge >= 0.3 is 0 Å². The Balaban J connectivity index is 1.19. The number of para-hydroxylation sites is 4. The number of nitrogens with zero attached hydrogens (tertiary/aromatic N) is 2. The number of fused-ring (bicyclic) bond motifs is 7. The second kappa shape index (κ2) is 16.6. The van der Waals surface area contributed by atoms with Crippen LogP contribution < -0.4 is 20.2 Å². The Hall–Kier alpha value is -7.94. The molecular formula is C69H60N2. The van der Waals surface area contributed by atoms with E-state index in [1.807, 2.05) is 0 Å². The molecule has 2 heteroatoms. The third-order valence-corrected chi connectivity index (χ3v) is 16.3. The van der Waals surface area contributed by atoms with Crippen molar-refractivity contribution in [2.24, 2.45) is 0 Å². The van der Waals surface area contributed by atoms with E-state index in [0.29, 0.717) is 0 Å². The molecular weight excluding hydrogens is 857 g/mol. The second-order valence-corrected chi connectivity index (χ2v) is 21.3. The van der Waals surface area contributed by atoms with Gasteiger partial charge < -0.3 is 9.80 Å². The SMILES string of the molecule is C=CC1=C(C(=C)C2=c3ccc(N4c5ccccc5C(C)(C)c5ccccc54)c/c3=C(c3cccc4ccccc34)/C=C/CC(N3c4ccccc4C(C)(C)c4ccccc43)C=C2)C(C)(C)c2ccccc21. The molecule has 12 rings (SSSR count). The summed E-state index contributed by atoms with van der Waals surface area (Å²) in [5, 5.41) is 4.71. The molecule has 2 aliphatic carbocycles. The van der Waals surface area contributed by atoms with Gasteiger partial charge in [0.1, 0.15) is 0 Å². The van der Waals surface area contributed by atoms with Gasteiger partial charge in [-0.3, -0.25) is 0 Å². The lowest BCUT2D eigenvalue weighted by molar-refractivity contribution is 0.614. The van der Waals surface area contributed by atoms with Crippen molar-refractivity contribution in [3.8, 4) is 0 Å². The van der Waals surface area contributed by atoms with Crippen LogP contribution in [0.25, 0.3) is 27.5 Å². The third-order valence-electron chi connectivity index (χ3n) is 16.3. The highest BCUT2D eigenvalue weighted by Crippen LogP contribution is 2.54. The van der Waals surface area contributed by atoms with E-state index in [0.717, 1.165) is 39.3 Å². The van der Waals surface area contributed by atoms with E-state index in [-0.39, 0.29) is 22.3 Å². The first-order valence-electron chi connectivity index (χ1n) is 25.3. The normalized spacial score (nSPS) is 19.2. The quantitative estimate of drug-likeness (QED) is 0.164. The number of rotatable bonds is 6. The summed E-state index contributed by atoms with van der Waals surface area (Å²) in [6.07, 6.45) is 12.5. The van der Waals surface area contributed by atoms with Crippen LogP contribution in [-0.2, 0) is 16.2 Å². The van der Waals surface area contributed by atoms with Gasteiger partial charge in [0.2, 0.25) is 0 Å². The number of allylic oxidation sites excluding steroid dienone is 6. The average molecular weight is 917 g/mol. The molecule has 2 heterocycles. The number of anilines is 5. The summed E-state index contributed by atoms with van der Waals surface area (Å²) in [6, 6.07) is 67.5. The van der Waals surface area contributed by atoms with Crippen molar-refractivity contribution in [3.05, 3.63) is 286 Å². The largest absolute Gasteiger partial charge is 0.334 e. The lowest BCUT2D eigenvalue weighted by Gasteiger charge is -2.44. The van der Waals surface area contributed by atoms with Crippen molar-refractivity contribution in [2.75, 3.05) is 9.80 Å². The average Bonchev–Trinajstić information content (AvgIpc) is 3.63. The standard InChI is InChI=1S/C69H60N2/c1-9-49-55-28-12-13-31-57(55)69(7,8)66(49)45(2)50-42-40-47(70-62-36-18-14-32-58(62)67(3,4)59-33-15-19-37-63(59)70)26-23-30-53(52-29-22-25-46-24-10-11-27-51(46)52)56-44-48(41-43-54(50)56)71-64-38-20-16-34-60(64)68(5,6)61-35-17-21-39-65(61)71/h9-25,27-44,47H,1-2,26H2,3-8H3/b30-23+,42-40?,54-50?,56-53+. The first-order chi connectivity index (χ1) is 34.4. The van der Waals surface area contributed by atoms with Crippen molar-refractivity contribution < 1.29 is 0 Å². The van der Waals surface area contributed by atoms with Crippen LogP contribution in [0.1, 0.15) is 86.9 Å². The molecule has 0 saturated carbocycles. The van der Waals surface area contributed by atoms with Gasteiger partial charge in [0.05, 0.1) is 17.4 Å². The van der Waals surface area contributed by atoms with Crippen molar-refractivity contribution >= 4 is 55.9 Å². The van der Waals surface area contributed by atoms with Crippen LogP contribution in [-0.4, -0.2) is 6.04 Å². The second-order valence-electron chi connectivity index (χ2n) is 21.3. The molecule has 0 aromatic heterocycles. The monoisotopic (exact) mass is 916 g/mol. The Morgan fingerprint density at radius 1 is 0.521 bits per heavy atom. The summed E-state index contributed by atoms with van der Waals surface area (Å²) in [4.78, 5) is 5.08. The maximum Gasteiger partial charge on any atom is 0.0560 e. The smallest absolute Gasteiger partial charge is 0.0560 e. The molecule has 0 bridgehead atoms. The summed E-state index contributed by atoms with van der Waals surface area (Å²) in [5.41, 5.74) is 19.9. The fraction of sp³-hybridized carbons (Fsp3) is 0.159. The molecule has 0 N–H and O–H groups in total. The van der Waals surface area contributed by atoms with Crippen LogP contribution in [0, 0.1) is 0 Å². The summed E-state index contributed by atoms with van der Waals surface area (Å²) in [6.45, 7) is 23.8. The van der Waals surface area contributed by atoms with Crippen LogP contribution in [0.15, 0.2) is 237 Å². The van der Waals surface area contributed by atoms with Crippen molar-refractivity contribution in [3.63, 3.8) is 0 Å². The minimum absolute atomic E-state index is 0.0339. The zero-order valence-electron chi connectivity index (χ0n) is 41.8. The number of benzene rings is 8. The predicted molar refractivity (Wildman–Crippen MR) is 302 cm³/mol. The Morgan fingerprint density at radius 3 is 1.68 bits per heavy atom. The Kier molecular flexibility index (Phi) is 10.4. The molecule has 2 nitrogen and oxygen atoms in total. The van der Waals surface area contributed by atoms with E-state index < -0.39 is 0 Å². The number of hydrogen-bond acceptors (Lipinski definition) is 2. The Morgan fingerprint density at radius 2 is 1.04 bits per heavy atom. The topological polar surface area (TPSA) is 6.48 Å². The van der Waals surface area contributed by atoms with Crippen LogP contribution >= 0.6 is 0 Å². The summed E-state index contributed by atoms with van der Waals surface area (Å²) >= 11 is 0. The highest BCUT2D eigenvalue weighted by Gasteiger charge is 2.41. The molecule has 346 valence electrons. The minimum atomic E-state index is -0.334. The highest BCUT2D eigenvalue weighted by atomic mass is 15.2. The molecule has 0 amide bonds. The molecule has 1 unspecified atom stereocenters. The molecule has 2 aliphatic heterocycles. The number of hydrogen-bond donors (Lipinski definition) is 0. The maximum absolute atomic E-state index is 5.18. The van der Waals surface area contributed by atoms with Gasteiger partial charge in [-0.1, -0.05) is 231 Å². The lowest BCUT2D eigenvalue weighted by Crippen LogP contribution is -2.38. The first-order valence-corrected chi connectivity index (χ1v) is 25.3. The Labute approximate surface area is 420 Å². The van der Waals surface area contributed by atoms with Gasteiger partial charge in [-0.05, 0) is 131 Å². The lowest BCUT2D eigenvalue weighted by atomic mass is 9.73. The first kappa shape index (κ1) is 44.3. The fourth-order valence-corrected chi connectivity index (χ4v) is 12.8.